The third-order valence-corrected chi connectivity index (χ3v) is 4.35. The second kappa shape index (κ2) is 5.05. The second-order valence-corrected chi connectivity index (χ2v) is 6.05. The Morgan fingerprint density at radius 2 is 2.20 bits per heavy atom. The SMILES string of the molecule is CCCC1(Cn2nnnc2-c2ccc(Cl)c(N)c2)CC1. The fourth-order valence-corrected chi connectivity index (χ4v) is 2.83. The summed E-state index contributed by atoms with van der Waals surface area (Å²) in [7, 11) is 0. The van der Waals surface area contributed by atoms with Gasteiger partial charge in [-0.2, -0.15) is 0 Å². The number of anilines is 1. The Labute approximate surface area is 123 Å². The fraction of sp³-hybridized carbons (Fsp3) is 0.500. The van der Waals surface area contributed by atoms with Gasteiger partial charge in [-0.25, -0.2) is 4.68 Å². The van der Waals surface area contributed by atoms with Crippen LogP contribution in [0.25, 0.3) is 11.4 Å². The lowest BCUT2D eigenvalue weighted by Gasteiger charge is -2.14. The van der Waals surface area contributed by atoms with Gasteiger partial charge in [0.2, 0.25) is 0 Å². The van der Waals surface area contributed by atoms with E-state index in [1.54, 1.807) is 6.07 Å². The maximum absolute atomic E-state index is 5.96. The van der Waals surface area contributed by atoms with Crippen LogP contribution in [0.3, 0.4) is 0 Å². The zero-order valence-corrected chi connectivity index (χ0v) is 12.3. The van der Waals surface area contributed by atoms with Crippen molar-refractivity contribution < 1.29 is 0 Å². The second-order valence-electron chi connectivity index (χ2n) is 5.65. The number of nitrogens with two attached hydrogens (primary N) is 1. The van der Waals surface area contributed by atoms with Crippen molar-refractivity contribution in [1.29, 1.82) is 0 Å². The number of tetrazole rings is 1. The molecule has 1 saturated carbocycles. The van der Waals surface area contributed by atoms with E-state index in [9.17, 15) is 0 Å². The summed E-state index contributed by atoms with van der Waals surface area (Å²) in [5.41, 5.74) is 7.71. The largest absolute Gasteiger partial charge is 0.398 e. The van der Waals surface area contributed by atoms with E-state index in [4.69, 9.17) is 17.3 Å². The van der Waals surface area contributed by atoms with Crippen LogP contribution < -0.4 is 5.73 Å². The summed E-state index contributed by atoms with van der Waals surface area (Å²) in [6, 6.07) is 5.51. The minimum atomic E-state index is 0.400. The van der Waals surface area contributed by atoms with Crippen molar-refractivity contribution in [1.82, 2.24) is 20.2 Å². The predicted octanol–water partition coefficient (Wildman–Crippen LogP) is 3.16. The zero-order valence-electron chi connectivity index (χ0n) is 11.5. The van der Waals surface area contributed by atoms with Crippen LogP contribution in [0.5, 0.6) is 0 Å². The smallest absolute Gasteiger partial charge is 0.182 e. The molecular weight excluding hydrogens is 274 g/mol. The van der Waals surface area contributed by atoms with E-state index in [0.29, 0.717) is 16.1 Å². The van der Waals surface area contributed by atoms with Gasteiger partial charge in [0.25, 0.3) is 0 Å². The number of halogens is 1. The lowest BCUT2D eigenvalue weighted by molar-refractivity contribution is 0.365. The summed E-state index contributed by atoms with van der Waals surface area (Å²) < 4.78 is 1.89. The van der Waals surface area contributed by atoms with Gasteiger partial charge in [0.1, 0.15) is 0 Å². The van der Waals surface area contributed by atoms with E-state index in [-0.39, 0.29) is 0 Å². The van der Waals surface area contributed by atoms with Gasteiger partial charge in [0, 0.05) is 5.56 Å². The molecule has 106 valence electrons. The first kappa shape index (κ1) is 13.4. The van der Waals surface area contributed by atoms with Crippen molar-refractivity contribution in [2.75, 3.05) is 5.73 Å². The molecule has 0 aliphatic heterocycles. The first-order valence-electron chi connectivity index (χ1n) is 6.95. The van der Waals surface area contributed by atoms with E-state index >= 15 is 0 Å². The number of benzene rings is 1. The first-order valence-corrected chi connectivity index (χ1v) is 7.33. The van der Waals surface area contributed by atoms with Gasteiger partial charge in [-0.3, -0.25) is 0 Å². The number of hydrogen-bond donors (Lipinski definition) is 1. The zero-order chi connectivity index (χ0) is 14.2. The van der Waals surface area contributed by atoms with E-state index in [1.807, 2.05) is 16.8 Å². The topological polar surface area (TPSA) is 69.6 Å². The average molecular weight is 292 g/mol. The molecule has 1 heterocycles. The number of hydrogen-bond acceptors (Lipinski definition) is 4. The molecule has 0 amide bonds. The Hall–Kier alpha value is -1.62. The third-order valence-electron chi connectivity index (χ3n) is 4.01. The molecule has 5 nitrogen and oxygen atoms in total. The van der Waals surface area contributed by atoms with Crippen molar-refractivity contribution >= 4 is 17.3 Å². The summed E-state index contributed by atoms with van der Waals surface area (Å²) in [4.78, 5) is 0. The van der Waals surface area contributed by atoms with E-state index < -0.39 is 0 Å². The van der Waals surface area contributed by atoms with Gasteiger partial charge >= 0.3 is 0 Å². The van der Waals surface area contributed by atoms with Gasteiger partial charge < -0.3 is 5.73 Å². The van der Waals surface area contributed by atoms with Gasteiger partial charge in [0.15, 0.2) is 5.82 Å². The van der Waals surface area contributed by atoms with Crippen LogP contribution in [0.15, 0.2) is 18.2 Å². The van der Waals surface area contributed by atoms with Crippen molar-refractivity contribution in [2.24, 2.45) is 5.41 Å². The molecule has 0 unspecified atom stereocenters. The molecule has 1 aromatic carbocycles. The summed E-state index contributed by atoms with van der Waals surface area (Å²) >= 11 is 5.96. The van der Waals surface area contributed by atoms with E-state index in [0.717, 1.165) is 17.9 Å². The molecule has 1 aliphatic rings. The van der Waals surface area contributed by atoms with Crippen LogP contribution in [-0.2, 0) is 6.54 Å². The fourth-order valence-electron chi connectivity index (χ4n) is 2.71. The summed E-state index contributed by atoms with van der Waals surface area (Å²) in [5, 5.41) is 12.6. The van der Waals surface area contributed by atoms with Gasteiger partial charge in [-0.05, 0) is 53.3 Å². The standard InChI is InChI=1S/C14H18ClN5/c1-2-5-14(6-7-14)9-20-13(17-18-19-20)10-3-4-11(15)12(16)8-10/h3-4,8H,2,5-7,9,16H2,1H3. The Morgan fingerprint density at radius 3 is 2.85 bits per heavy atom. The predicted molar refractivity (Wildman–Crippen MR) is 79.3 cm³/mol. The summed E-state index contributed by atoms with van der Waals surface area (Å²) in [5.74, 6) is 0.760. The molecule has 2 N–H and O–H groups in total. The molecule has 6 heteroatoms. The molecule has 1 aromatic heterocycles. The van der Waals surface area contributed by atoms with Crippen LogP contribution in [0, 0.1) is 5.41 Å². The van der Waals surface area contributed by atoms with Crippen molar-refractivity contribution in [3.05, 3.63) is 23.2 Å². The Balaban J connectivity index is 1.88. The quantitative estimate of drug-likeness (QED) is 0.859. The molecule has 2 aromatic rings. The molecule has 20 heavy (non-hydrogen) atoms. The van der Waals surface area contributed by atoms with Crippen LogP contribution >= 0.6 is 11.6 Å². The van der Waals surface area contributed by atoms with E-state index in [2.05, 4.69) is 22.4 Å². The van der Waals surface area contributed by atoms with Gasteiger partial charge in [-0.15, -0.1) is 5.10 Å². The summed E-state index contributed by atoms with van der Waals surface area (Å²) in [6.45, 7) is 3.10. The van der Waals surface area contributed by atoms with Gasteiger partial charge in [-0.1, -0.05) is 24.9 Å². The molecule has 0 spiro atoms. The molecule has 3 rings (SSSR count). The highest BCUT2D eigenvalue weighted by atomic mass is 35.5. The number of nitrogens with zero attached hydrogens (tertiary/aromatic N) is 4. The monoisotopic (exact) mass is 291 g/mol. The molecule has 0 bridgehead atoms. The molecular formula is C14H18ClN5. The first-order chi connectivity index (χ1) is 9.63. The molecule has 0 radical (unpaired) electrons. The maximum atomic E-state index is 5.96. The molecule has 0 saturated heterocycles. The highest BCUT2D eigenvalue weighted by Crippen LogP contribution is 2.51. The lowest BCUT2D eigenvalue weighted by Crippen LogP contribution is -2.14. The highest BCUT2D eigenvalue weighted by Gasteiger charge is 2.42. The Morgan fingerprint density at radius 1 is 1.40 bits per heavy atom. The minimum Gasteiger partial charge on any atom is -0.398 e. The van der Waals surface area contributed by atoms with Crippen LogP contribution in [0.1, 0.15) is 32.6 Å². The number of rotatable bonds is 5. The lowest BCUT2D eigenvalue weighted by atomic mass is 10.0. The van der Waals surface area contributed by atoms with Crippen molar-refractivity contribution in [2.45, 2.75) is 39.2 Å². The molecule has 1 aliphatic carbocycles. The van der Waals surface area contributed by atoms with Crippen molar-refractivity contribution in [3.8, 4) is 11.4 Å². The maximum Gasteiger partial charge on any atom is 0.182 e. The van der Waals surface area contributed by atoms with Crippen LogP contribution in [0.4, 0.5) is 5.69 Å². The van der Waals surface area contributed by atoms with E-state index in [1.165, 1.54) is 25.7 Å². The average Bonchev–Trinajstić information content (AvgIpc) is 3.01. The normalized spacial score (nSPS) is 16.3. The Bertz CT molecular complexity index is 618. The third kappa shape index (κ3) is 2.50. The van der Waals surface area contributed by atoms with Gasteiger partial charge in [0.05, 0.1) is 17.3 Å². The molecule has 1 fully saturated rings. The number of nitrogen functional groups attached to an aromatic ring is 1. The Kier molecular flexibility index (Phi) is 3.38. The molecule has 0 atom stereocenters. The number of aromatic nitrogens is 4. The highest BCUT2D eigenvalue weighted by molar-refractivity contribution is 6.33. The van der Waals surface area contributed by atoms with Crippen LogP contribution in [-0.4, -0.2) is 20.2 Å². The minimum absolute atomic E-state index is 0.400. The van der Waals surface area contributed by atoms with Crippen molar-refractivity contribution in [3.63, 3.8) is 0 Å². The summed E-state index contributed by atoms with van der Waals surface area (Å²) in [6.07, 6.45) is 4.96. The van der Waals surface area contributed by atoms with Crippen LogP contribution in [0.2, 0.25) is 5.02 Å².